The first-order valence-electron chi connectivity index (χ1n) is 8.81. The van der Waals surface area contributed by atoms with Crippen LogP contribution in [0.5, 0.6) is 0 Å². The van der Waals surface area contributed by atoms with E-state index in [-0.39, 0.29) is 18.6 Å². The summed E-state index contributed by atoms with van der Waals surface area (Å²) < 4.78 is 44.6. The standard InChI is InChI=1S/C17H20F3N5O/c1-2-10-7-11(26-6-4-17(18,19)20)8-12(10)16-24-23-14-9-22-15-13(25(14)16)3-5-21-15/h3,5,9-12,21H,2,4,6-8H2,1H3. The van der Waals surface area contributed by atoms with Gasteiger partial charge in [0.15, 0.2) is 11.3 Å². The molecule has 3 aromatic rings. The molecule has 0 spiro atoms. The summed E-state index contributed by atoms with van der Waals surface area (Å²) in [6, 6.07) is 1.93. The summed E-state index contributed by atoms with van der Waals surface area (Å²) in [5.74, 6) is 1.24. The van der Waals surface area contributed by atoms with Crippen LogP contribution in [0.15, 0.2) is 18.5 Å². The molecule has 26 heavy (non-hydrogen) atoms. The molecule has 1 fully saturated rings. The van der Waals surface area contributed by atoms with Crippen molar-refractivity contribution < 1.29 is 17.9 Å². The average molecular weight is 367 g/mol. The third kappa shape index (κ3) is 3.15. The highest BCUT2D eigenvalue weighted by atomic mass is 19.4. The van der Waals surface area contributed by atoms with Crippen molar-refractivity contribution in [2.45, 2.75) is 50.8 Å². The van der Waals surface area contributed by atoms with Gasteiger partial charge >= 0.3 is 6.18 Å². The van der Waals surface area contributed by atoms with Gasteiger partial charge in [0.25, 0.3) is 0 Å². The summed E-state index contributed by atoms with van der Waals surface area (Å²) >= 11 is 0. The van der Waals surface area contributed by atoms with E-state index in [1.165, 1.54) is 0 Å². The summed E-state index contributed by atoms with van der Waals surface area (Å²) in [4.78, 5) is 7.39. The first kappa shape index (κ1) is 17.3. The minimum Gasteiger partial charge on any atom is -0.378 e. The van der Waals surface area contributed by atoms with Crippen molar-refractivity contribution in [2.24, 2.45) is 5.92 Å². The zero-order chi connectivity index (χ0) is 18.3. The van der Waals surface area contributed by atoms with Gasteiger partial charge in [-0.25, -0.2) is 4.98 Å². The summed E-state index contributed by atoms with van der Waals surface area (Å²) in [5.41, 5.74) is 2.32. The van der Waals surface area contributed by atoms with Gasteiger partial charge in [-0.1, -0.05) is 13.3 Å². The van der Waals surface area contributed by atoms with E-state index in [1.54, 1.807) is 6.20 Å². The Bertz CT molecular complexity index is 903. The second-order valence-electron chi connectivity index (χ2n) is 6.83. The zero-order valence-corrected chi connectivity index (χ0v) is 14.3. The van der Waals surface area contributed by atoms with Crippen LogP contribution >= 0.6 is 0 Å². The first-order valence-corrected chi connectivity index (χ1v) is 8.81. The molecule has 1 saturated carbocycles. The Morgan fingerprint density at radius 1 is 1.31 bits per heavy atom. The highest BCUT2D eigenvalue weighted by Gasteiger charge is 2.38. The zero-order valence-electron chi connectivity index (χ0n) is 14.3. The van der Waals surface area contributed by atoms with Crippen molar-refractivity contribution in [3.05, 3.63) is 24.3 Å². The van der Waals surface area contributed by atoms with Crippen molar-refractivity contribution >= 4 is 16.8 Å². The van der Waals surface area contributed by atoms with E-state index in [0.29, 0.717) is 18.0 Å². The molecule has 0 amide bonds. The van der Waals surface area contributed by atoms with Crippen LogP contribution in [0.4, 0.5) is 13.2 Å². The average Bonchev–Trinajstić information content (AvgIpc) is 3.29. The molecule has 1 aliphatic carbocycles. The van der Waals surface area contributed by atoms with E-state index >= 15 is 0 Å². The lowest BCUT2D eigenvalue weighted by molar-refractivity contribution is -0.148. The van der Waals surface area contributed by atoms with Crippen LogP contribution in [-0.4, -0.2) is 43.5 Å². The number of hydrogen-bond donors (Lipinski definition) is 1. The number of aromatic nitrogens is 5. The van der Waals surface area contributed by atoms with Gasteiger partial charge in [-0.2, -0.15) is 13.2 Å². The summed E-state index contributed by atoms with van der Waals surface area (Å²) in [6.07, 6.45) is 0.537. The lowest BCUT2D eigenvalue weighted by Gasteiger charge is -2.15. The normalized spacial score (nSPS) is 24.1. The predicted molar refractivity (Wildman–Crippen MR) is 88.8 cm³/mol. The van der Waals surface area contributed by atoms with Gasteiger partial charge in [0.2, 0.25) is 0 Å². The van der Waals surface area contributed by atoms with Crippen LogP contribution in [0, 0.1) is 5.92 Å². The van der Waals surface area contributed by atoms with E-state index in [0.717, 1.165) is 29.8 Å². The number of rotatable bonds is 5. The highest BCUT2D eigenvalue weighted by Crippen LogP contribution is 2.42. The van der Waals surface area contributed by atoms with Crippen molar-refractivity contribution in [1.29, 1.82) is 0 Å². The lowest BCUT2D eigenvalue weighted by Crippen LogP contribution is -2.16. The van der Waals surface area contributed by atoms with E-state index in [1.807, 2.05) is 16.7 Å². The largest absolute Gasteiger partial charge is 0.391 e. The Kier molecular flexibility index (Phi) is 4.34. The number of nitrogens with zero attached hydrogens (tertiary/aromatic N) is 4. The van der Waals surface area contributed by atoms with Gasteiger partial charge in [-0.3, -0.25) is 4.40 Å². The lowest BCUT2D eigenvalue weighted by atomic mass is 9.93. The quantitative estimate of drug-likeness (QED) is 0.744. The van der Waals surface area contributed by atoms with E-state index in [4.69, 9.17) is 4.74 Å². The summed E-state index contributed by atoms with van der Waals surface area (Å²) in [6.45, 7) is 1.80. The maximum Gasteiger partial charge on any atom is 0.391 e. The number of halogens is 3. The van der Waals surface area contributed by atoms with Crippen molar-refractivity contribution in [2.75, 3.05) is 6.61 Å². The third-order valence-corrected chi connectivity index (χ3v) is 5.21. The monoisotopic (exact) mass is 367 g/mol. The predicted octanol–water partition coefficient (Wildman–Crippen LogP) is 3.85. The molecular weight excluding hydrogens is 347 g/mol. The van der Waals surface area contributed by atoms with Gasteiger partial charge in [-0.05, 0) is 24.8 Å². The number of H-pyrrole nitrogens is 1. The van der Waals surface area contributed by atoms with Crippen LogP contribution in [-0.2, 0) is 4.74 Å². The maximum atomic E-state index is 12.4. The number of alkyl halides is 3. The number of aromatic amines is 1. The molecule has 140 valence electrons. The molecule has 3 heterocycles. The molecule has 1 aliphatic rings. The molecule has 3 unspecified atom stereocenters. The van der Waals surface area contributed by atoms with Gasteiger partial charge in [0, 0.05) is 12.1 Å². The Morgan fingerprint density at radius 2 is 2.15 bits per heavy atom. The number of nitrogens with one attached hydrogen (secondary N) is 1. The van der Waals surface area contributed by atoms with Gasteiger partial charge < -0.3 is 9.72 Å². The van der Waals surface area contributed by atoms with Crippen molar-refractivity contribution in [3.8, 4) is 0 Å². The van der Waals surface area contributed by atoms with E-state index < -0.39 is 12.6 Å². The molecule has 0 bridgehead atoms. The molecule has 9 heteroatoms. The van der Waals surface area contributed by atoms with E-state index in [2.05, 4.69) is 27.1 Å². The molecule has 3 aromatic heterocycles. The fourth-order valence-corrected chi connectivity index (χ4v) is 3.96. The van der Waals surface area contributed by atoms with Crippen molar-refractivity contribution in [1.82, 2.24) is 24.6 Å². The molecule has 6 nitrogen and oxygen atoms in total. The molecule has 4 rings (SSSR count). The SMILES string of the molecule is CCC1CC(OCCC(F)(F)F)CC1c1nnc2cnc3[nH]ccc3n12. The van der Waals surface area contributed by atoms with Crippen LogP contribution < -0.4 is 0 Å². The Balaban J connectivity index is 1.58. The smallest absolute Gasteiger partial charge is 0.378 e. The van der Waals surface area contributed by atoms with Crippen LogP contribution in [0.1, 0.15) is 44.3 Å². The second kappa shape index (κ2) is 6.53. The molecule has 3 atom stereocenters. The fourth-order valence-electron chi connectivity index (χ4n) is 3.96. The minimum absolute atomic E-state index is 0.103. The summed E-state index contributed by atoms with van der Waals surface area (Å²) in [7, 11) is 0. The molecule has 0 saturated heterocycles. The third-order valence-electron chi connectivity index (χ3n) is 5.21. The topological polar surface area (TPSA) is 68.1 Å². The van der Waals surface area contributed by atoms with Crippen LogP contribution in [0.3, 0.4) is 0 Å². The van der Waals surface area contributed by atoms with Gasteiger partial charge in [0.05, 0.1) is 30.8 Å². The molecular formula is C17H20F3N5O. The van der Waals surface area contributed by atoms with E-state index in [9.17, 15) is 13.2 Å². The number of fused-ring (bicyclic) bond motifs is 3. The molecule has 0 aliphatic heterocycles. The number of hydrogen-bond acceptors (Lipinski definition) is 4. The van der Waals surface area contributed by atoms with Gasteiger partial charge in [-0.15, -0.1) is 10.2 Å². The Hall–Kier alpha value is -2.16. The Morgan fingerprint density at radius 3 is 2.92 bits per heavy atom. The van der Waals surface area contributed by atoms with Crippen molar-refractivity contribution in [3.63, 3.8) is 0 Å². The maximum absolute atomic E-state index is 12.4. The Labute approximate surface area is 147 Å². The van der Waals surface area contributed by atoms with Crippen LogP contribution in [0.25, 0.3) is 16.8 Å². The summed E-state index contributed by atoms with van der Waals surface area (Å²) in [5, 5.41) is 8.61. The molecule has 1 N–H and O–H groups in total. The minimum atomic E-state index is -4.18. The second-order valence-corrected chi connectivity index (χ2v) is 6.83. The van der Waals surface area contributed by atoms with Crippen LogP contribution in [0.2, 0.25) is 0 Å². The molecule has 0 radical (unpaired) electrons. The first-order chi connectivity index (χ1) is 12.5. The number of ether oxygens (including phenoxy) is 1. The molecule has 0 aromatic carbocycles. The highest BCUT2D eigenvalue weighted by molar-refractivity contribution is 5.74. The van der Waals surface area contributed by atoms with Gasteiger partial charge in [0.1, 0.15) is 5.82 Å². The fraction of sp³-hybridized carbons (Fsp3) is 0.588.